The summed E-state index contributed by atoms with van der Waals surface area (Å²) in [5.74, 6) is 0. The first-order valence-electron chi connectivity index (χ1n) is 0.532. The zero-order chi connectivity index (χ0) is 3.41. The van der Waals surface area contributed by atoms with Crippen LogP contribution < -0.4 is 0 Å². The van der Waals surface area contributed by atoms with E-state index in [1.54, 1.807) is 0 Å². The van der Waals surface area contributed by atoms with E-state index in [9.17, 15) is 0 Å². The molecule has 0 amide bonds. The van der Waals surface area contributed by atoms with Gasteiger partial charge in [0.05, 0.1) is 0 Å². The Morgan fingerprint density at radius 3 is 1.17 bits per heavy atom. The molecule has 0 aromatic carbocycles. The normalized spacial score (nSPS) is 5.00. The van der Waals surface area contributed by atoms with E-state index in [4.69, 9.17) is 0 Å². The van der Waals surface area contributed by atoms with Gasteiger partial charge in [-0.3, -0.25) is 0 Å². The number of rotatable bonds is 1. The van der Waals surface area contributed by atoms with Crippen molar-refractivity contribution in [2.24, 2.45) is 0 Å². The summed E-state index contributed by atoms with van der Waals surface area (Å²) in [6.45, 7) is 0. The van der Waals surface area contributed by atoms with Crippen molar-refractivity contribution in [2.75, 3.05) is 0 Å². The molecule has 0 nitrogen and oxygen atoms in total. The number of hydrogen-bond donors (Lipinski definition) is 2. The molecule has 0 saturated carbocycles. The van der Waals surface area contributed by atoms with Gasteiger partial charge in [0.1, 0.15) is 0 Å². The molecule has 0 saturated heterocycles. The summed E-state index contributed by atoms with van der Waals surface area (Å²) in [4.78, 5) is 0. The predicted molar refractivity (Wildman–Crippen MR) is 43.1 cm³/mol. The minimum absolute atomic E-state index is 0. The Labute approximate surface area is 94.3 Å². The van der Waals surface area contributed by atoms with E-state index < -0.39 is 0 Å². The van der Waals surface area contributed by atoms with E-state index in [1.165, 1.54) is 19.7 Å². The molecule has 0 aliphatic carbocycles. The van der Waals surface area contributed by atoms with E-state index in [1.807, 2.05) is 0 Å². The van der Waals surface area contributed by atoms with Crippen molar-refractivity contribution in [1.29, 1.82) is 0 Å². The van der Waals surface area contributed by atoms with Crippen molar-refractivity contribution in [2.45, 2.75) is 0 Å². The molecule has 6 heavy (non-hydrogen) atoms. The van der Waals surface area contributed by atoms with Crippen molar-refractivity contribution in [1.82, 2.24) is 0 Å². The van der Waals surface area contributed by atoms with Gasteiger partial charge in [0.15, 0.2) is 0 Å². The second-order valence-corrected chi connectivity index (χ2v) is 4.02. The van der Waals surface area contributed by atoms with Gasteiger partial charge in [0.25, 0.3) is 0 Å². The zero-order valence-corrected chi connectivity index (χ0v) is 9.88. The van der Waals surface area contributed by atoms with Crippen LogP contribution in [-0.4, -0.2) is 25.8 Å². The van der Waals surface area contributed by atoms with Gasteiger partial charge in [-0.1, -0.05) is 23.3 Å². The first-order chi connectivity index (χ1) is 1.91. The topological polar surface area (TPSA) is 0 Å². The first kappa shape index (κ1) is 16.1. The van der Waals surface area contributed by atoms with E-state index in [-0.39, 0.29) is 53.1 Å². The van der Waals surface area contributed by atoms with Gasteiger partial charge in [-0.15, -0.1) is 0 Å². The molecule has 0 N–H and O–H groups in total. The Kier molecular flexibility index (Phi) is 42.2. The Bertz CT molecular complexity index is 9.51. The summed E-state index contributed by atoms with van der Waals surface area (Å²) in [6, 6.07) is 0. The Balaban J connectivity index is -0.0000000450. The van der Waals surface area contributed by atoms with Gasteiger partial charge in [0, 0.05) is 27.3 Å². The zero-order valence-electron chi connectivity index (χ0n) is 2.42. The third-order valence-electron chi connectivity index (χ3n) is 0.0333. The maximum atomic E-state index is 3.72. The Morgan fingerprint density at radius 1 is 1.00 bits per heavy atom. The molecule has 0 spiro atoms. The van der Waals surface area contributed by atoms with Crippen molar-refractivity contribution in [3.05, 3.63) is 0 Å². The van der Waals surface area contributed by atoms with Crippen LogP contribution in [0, 0.1) is 0 Å². The molecule has 0 aromatic heterocycles. The Morgan fingerprint density at radius 2 is 1.17 bits per heavy atom. The molecule has 6 heteroatoms. The Hall–Kier alpha value is 3.19. The monoisotopic (exact) mass is 362 g/mol. The summed E-state index contributed by atoms with van der Waals surface area (Å²) in [5, 5.41) is 0. The molecule has 0 fully saturated rings. The fourth-order valence-corrected chi connectivity index (χ4v) is 0. The molecule has 0 atom stereocenters. The van der Waals surface area contributed by atoms with Crippen LogP contribution in [0.25, 0.3) is 0 Å². The van der Waals surface area contributed by atoms with Gasteiger partial charge in [-0.05, 0) is 19.7 Å². The molecular formula is H5CdInS4. The average molecular weight is 361 g/mol. The quantitative estimate of drug-likeness (QED) is 0.405. The molecule has 0 bridgehead atoms. The van der Waals surface area contributed by atoms with Crippen LogP contribution in [0.4, 0.5) is 0 Å². The second kappa shape index (κ2) is 15.7. The van der Waals surface area contributed by atoms with Crippen LogP contribution in [0.15, 0.2) is 0 Å². The second-order valence-electron chi connectivity index (χ2n) is 0.149. The SMILES string of the molecule is SSSS.[Cd].[InH3]. The molecule has 0 unspecified atom stereocenters. The summed E-state index contributed by atoms with van der Waals surface area (Å²) in [7, 11) is 2.66. The average Bonchev–Trinajstić information content (AvgIpc) is 1.37. The third-order valence-corrected chi connectivity index (χ3v) is 2.70. The molecule has 34 valence electrons. The molecular weight excluding hydrogens is 355 g/mol. The predicted octanol–water partition coefficient (Wildman–Crippen LogP) is 0.871. The van der Waals surface area contributed by atoms with E-state index in [2.05, 4.69) is 23.3 Å². The van der Waals surface area contributed by atoms with Crippen LogP contribution in [0.2, 0.25) is 0 Å². The van der Waals surface area contributed by atoms with Crippen LogP contribution in [0.5, 0.6) is 0 Å². The van der Waals surface area contributed by atoms with E-state index in [0.717, 1.165) is 0 Å². The van der Waals surface area contributed by atoms with Crippen LogP contribution in [0.3, 0.4) is 0 Å². The summed E-state index contributed by atoms with van der Waals surface area (Å²) in [6.07, 6.45) is 0. The van der Waals surface area contributed by atoms with E-state index in [0.29, 0.717) is 0 Å². The van der Waals surface area contributed by atoms with Gasteiger partial charge in [0.2, 0.25) is 0 Å². The summed E-state index contributed by atoms with van der Waals surface area (Å²) in [5.41, 5.74) is 0. The molecule has 0 radical (unpaired) electrons. The van der Waals surface area contributed by atoms with Crippen LogP contribution in [-0.2, 0) is 27.3 Å². The van der Waals surface area contributed by atoms with Crippen molar-refractivity contribution in [3.63, 3.8) is 0 Å². The molecule has 0 aliphatic rings. The number of hydrogen-bond acceptors (Lipinski definition) is 4. The van der Waals surface area contributed by atoms with Crippen molar-refractivity contribution < 1.29 is 27.3 Å². The van der Waals surface area contributed by atoms with Crippen LogP contribution in [0.1, 0.15) is 0 Å². The first-order valence-corrected chi connectivity index (χ1v) is 4.79. The van der Waals surface area contributed by atoms with Crippen molar-refractivity contribution in [3.8, 4) is 0 Å². The standard InChI is InChI=1S/Cd.In.H2S4.3H/c;;1-3-4-2;;;/h;;1-2H;;;. The fourth-order valence-electron chi connectivity index (χ4n) is 0. The van der Waals surface area contributed by atoms with Crippen LogP contribution >= 0.6 is 43.0 Å². The van der Waals surface area contributed by atoms with Gasteiger partial charge >= 0.3 is 25.8 Å². The van der Waals surface area contributed by atoms with Gasteiger partial charge in [-0.25, -0.2) is 0 Å². The molecule has 0 rings (SSSR count). The summed E-state index contributed by atoms with van der Waals surface area (Å²) >= 11 is 7.45. The maximum absolute atomic E-state index is 3.72. The minimum atomic E-state index is 0. The molecule has 0 aliphatic heterocycles. The summed E-state index contributed by atoms with van der Waals surface area (Å²) < 4.78 is 0. The van der Waals surface area contributed by atoms with E-state index >= 15 is 0 Å². The van der Waals surface area contributed by atoms with Crippen molar-refractivity contribution >= 4 is 68.8 Å². The number of thiol groups is 2. The third kappa shape index (κ3) is 15.7. The molecule has 0 aromatic rings. The fraction of sp³-hybridized carbons (Fsp3) is 0. The van der Waals surface area contributed by atoms with Gasteiger partial charge in [-0.2, -0.15) is 0 Å². The molecule has 0 heterocycles. The van der Waals surface area contributed by atoms with Gasteiger partial charge < -0.3 is 0 Å².